The van der Waals surface area contributed by atoms with E-state index in [1.807, 2.05) is 19.2 Å². The first-order chi connectivity index (χ1) is 11.1. The van der Waals surface area contributed by atoms with Gasteiger partial charge in [-0.05, 0) is 37.5 Å². The summed E-state index contributed by atoms with van der Waals surface area (Å²) in [7, 11) is 0. The molecule has 2 aromatic rings. The number of aromatic nitrogens is 2. The van der Waals surface area contributed by atoms with Gasteiger partial charge in [0.2, 0.25) is 5.91 Å². The van der Waals surface area contributed by atoms with Gasteiger partial charge in [-0.1, -0.05) is 12.1 Å². The second-order valence-corrected chi connectivity index (χ2v) is 6.26. The summed E-state index contributed by atoms with van der Waals surface area (Å²) < 4.78 is 0. The Balaban J connectivity index is 2.18. The van der Waals surface area contributed by atoms with Crippen molar-refractivity contribution in [3.05, 3.63) is 40.4 Å². The average molecular weight is 334 g/mol. The van der Waals surface area contributed by atoms with Crippen molar-refractivity contribution in [2.75, 3.05) is 18.6 Å². The number of likely N-dealkylation sites (N-methyl/N-ethyl adjacent to an activating group) is 1. The number of nitrogens with one attached hydrogen (secondary N) is 1. The second-order valence-electron chi connectivity index (χ2n) is 5.27. The van der Waals surface area contributed by atoms with Crippen LogP contribution in [0.15, 0.2) is 29.1 Å². The van der Waals surface area contributed by atoms with Crippen molar-refractivity contribution in [3.8, 4) is 0 Å². The molecule has 0 saturated carbocycles. The molecule has 7 heteroatoms. The maximum absolute atomic E-state index is 12.4. The minimum Gasteiger partial charge on any atom is -0.334 e. The van der Waals surface area contributed by atoms with Gasteiger partial charge in [0.15, 0.2) is 0 Å². The number of rotatable bonds is 7. The third-order valence-corrected chi connectivity index (χ3v) is 4.29. The van der Waals surface area contributed by atoms with E-state index in [2.05, 4.69) is 9.97 Å². The zero-order valence-electron chi connectivity index (χ0n) is 13.4. The first-order valence-corrected chi connectivity index (χ1v) is 8.97. The van der Waals surface area contributed by atoms with Crippen molar-refractivity contribution in [2.45, 2.75) is 25.9 Å². The number of benzene rings is 1. The van der Waals surface area contributed by atoms with E-state index in [0.717, 1.165) is 5.75 Å². The van der Waals surface area contributed by atoms with Crippen LogP contribution in [-0.4, -0.2) is 45.4 Å². The molecule has 23 heavy (non-hydrogen) atoms. The fourth-order valence-corrected chi connectivity index (χ4v) is 2.83. The van der Waals surface area contributed by atoms with E-state index >= 15 is 0 Å². The Kier molecular flexibility index (Phi) is 6.18. The van der Waals surface area contributed by atoms with Crippen LogP contribution in [0.2, 0.25) is 0 Å². The number of para-hydroxylation sites is 1. The van der Waals surface area contributed by atoms with Gasteiger partial charge in [0.1, 0.15) is 5.82 Å². The van der Waals surface area contributed by atoms with Gasteiger partial charge < -0.3 is 15.6 Å². The predicted molar refractivity (Wildman–Crippen MR) is 94.4 cm³/mol. The highest BCUT2D eigenvalue weighted by Crippen LogP contribution is 2.09. The van der Waals surface area contributed by atoms with Crippen LogP contribution >= 0.6 is 11.8 Å². The van der Waals surface area contributed by atoms with Gasteiger partial charge in [0, 0.05) is 6.54 Å². The van der Waals surface area contributed by atoms with Crippen molar-refractivity contribution in [1.82, 2.24) is 14.9 Å². The maximum atomic E-state index is 12.4. The smallest absolute Gasteiger partial charge is 0.258 e. The summed E-state index contributed by atoms with van der Waals surface area (Å²) in [6.45, 7) is 2.66. The number of hydrogen-bond acceptors (Lipinski definition) is 5. The highest BCUT2D eigenvalue weighted by atomic mass is 32.2. The number of aromatic amines is 1. The molecule has 124 valence electrons. The molecule has 2 rings (SSSR count). The molecule has 1 amide bonds. The summed E-state index contributed by atoms with van der Waals surface area (Å²) in [5, 5.41) is 0.544. The predicted octanol–water partition coefficient (Wildman–Crippen LogP) is 1.35. The molecule has 1 aromatic heterocycles. The molecule has 0 fully saturated rings. The number of amides is 1. The number of hydrogen-bond donors (Lipinski definition) is 2. The summed E-state index contributed by atoms with van der Waals surface area (Å²) in [5.74, 6) is 1.20. The average Bonchev–Trinajstić information content (AvgIpc) is 2.57. The summed E-state index contributed by atoms with van der Waals surface area (Å²) in [4.78, 5) is 33.3. The molecule has 0 radical (unpaired) electrons. The lowest BCUT2D eigenvalue weighted by Crippen LogP contribution is -2.44. The minimum absolute atomic E-state index is 0.114. The first-order valence-electron chi connectivity index (χ1n) is 7.58. The molecule has 0 bridgehead atoms. The maximum Gasteiger partial charge on any atom is 0.258 e. The lowest BCUT2D eigenvalue weighted by molar-refractivity contribution is -0.133. The van der Waals surface area contributed by atoms with Crippen molar-refractivity contribution in [1.29, 1.82) is 0 Å². The van der Waals surface area contributed by atoms with Gasteiger partial charge in [-0.15, -0.1) is 0 Å². The van der Waals surface area contributed by atoms with Gasteiger partial charge in [0.05, 0.1) is 23.5 Å². The van der Waals surface area contributed by atoms with Crippen LogP contribution in [0, 0.1) is 0 Å². The third kappa shape index (κ3) is 4.33. The molecule has 0 aliphatic heterocycles. The van der Waals surface area contributed by atoms with E-state index in [9.17, 15) is 9.59 Å². The van der Waals surface area contributed by atoms with Gasteiger partial charge in [-0.2, -0.15) is 11.8 Å². The van der Waals surface area contributed by atoms with Crippen LogP contribution in [0.25, 0.3) is 10.9 Å². The third-order valence-electron chi connectivity index (χ3n) is 3.65. The SMILES string of the molecule is CCN(Cc1nc2ccccc2c(=O)[nH]1)C(=O)[C@@H](N)CCSC. The van der Waals surface area contributed by atoms with Crippen LogP contribution in [-0.2, 0) is 11.3 Å². The van der Waals surface area contributed by atoms with Gasteiger partial charge in [-0.25, -0.2) is 4.98 Å². The van der Waals surface area contributed by atoms with Crippen molar-refractivity contribution in [2.24, 2.45) is 5.73 Å². The molecule has 3 N–H and O–H groups in total. The Morgan fingerprint density at radius 3 is 2.87 bits per heavy atom. The fraction of sp³-hybridized carbons (Fsp3) is 0.438. The van der Waals surface area contributed by atoms with E-state index in [0.29, 0.717) is 29.7 Å². The summed E-state index contributed by atoms with van der Waals surface area (Å²) in [6.07, 6.45) is 2.62. The highest BCUT2D eigenvalue weighted by Gasteiger charge is 2.20. The van der Waals surface area contributed by atoms with Crippen LogP contribution in [0.3, 0.4) is 0 Å². The molecule has 0 aliphatic carbocycles. The first kappa shape index (κ1) is 17.5. The molecule has 6 nitrogen and oxygen atoms in total. The molecule has 1 atom stereocenters. The Morgan fingerprint density at radius 2 is 2.17 bits per heavy atom. The number of nitrogens with two attached hydrogens (primary N) is 1. The largest absolute Gasteiger partial charge is 0.334 e. The molecule has 1 aromatic carbocycles. The van der Waals surface area contributed by atoms with E-state index in [1.54, 1.807) is 34.9 Å². The zero-order valence-corrected chi connectivity index (χ0v) is 14.2. The van der Waals surface area contributed by atoms with Gasteiger partial charge >= 0.3 is 0 Å². The van der Waals surface area contributed by atoms with Crippen molar-refractivity contribution >= 4 is 28.6 Å². The van der Waals surface area contributed by atoms with E-state index in [1.165, 1.54) is 0 Å². The number of H-pyrrole nitrogens is 1. The monoisotopic (exact) mass is 334 g/mol. The molecular formula is C16H22N4O2S. The Labute approximate surface area is 139 Å². The second kappa shape index (κ2) is 8.12. The summed E-state index contributed by atoms with van der Waals surface area (Å²) >= 11 is 1.66. The number of fused-ring (bicyclic) bond motifs is 1. The Bertz CT molecular complexity index is 731. The van der Waals surface area contributed by atoms with Crippen LogP contribution in [0.1, 0.15) is 19.2 Å². The number of nitrogens with zero attached hydrogens (tertiary/aromatic N) is 2. The Hall–Kier alpha value is -1.86. The van der Waals surface area contributed by atoms with Gasteiger partial charge in [0.25, 0.3) is 5.56 Å². The van der Waals surface area contributed by atoms with Crippen LogP contribution in [0.4, 0.5) is 0 Å². The van der Waals surface area contributed by atoms with Gasteiger partial charge in [-0.3, -0.25) is 9.59 Å². The minimum atomic E-state index is -0.519. The van der Waals surface area contributed by atoms with Crippen LogP contribution < -0.4 is 11.3 Å². The van der Waals surface area contributed by atoms with E-state index in [4.69, 9.17) is 5.73 Å². The zero-order chi connectivity index (χ0) is 16.8. The van der Waals surface area contributed by atoms with Crippen molar-refractivity contribution in [3.63, 3.8) is 0 Å². The van der Waals surface area contributed by atoms with Crippen LogP contribution in [0.5, 0.6) is 0 Å². The number of carbonyl (C=O) groups excluding carboxylic acids is 1. The normalized spacial score (nSPS) is 12.3. The molecular weight excluding hydrogens is 312 g/mol. The molecule has 1 heterocycles. The molecule has 0 aliphatic rings. The highest BCUT2D eigenvalue weighted by molar-refractivity contribution is 7.98. The number of thioether (sulfide) groups is 1. The summed E-state index contributed by atoms with van der Waals surface area (Å²) in [6, 6.07) is 6.63. The molecule has 0 unspecified atom stereocenters. The van der Waals surface area contributed by atoms with E-state index in [-0.39, 0.29) is 18.0 Å². The lowest BCUT2D eigenvalue weighted by Gasteiger charge is -2.23. The summed E-state index contributed by atoms with van der Waals surface area (Å²) in [5.41, 5.74) is 6.39. The quantitative estimate of drug-likeness (QED) is 0.797. The van der Waals surface area contributed by atoms with Crippen molar-refractivity contribution < 1.29 is 4.79 Å². The lowest BCUT2D eigenvalue weighted by atomic mass is 10.2. The fourth-order valence-electron chi connectivity index (χ4n) is 2.34. The molecule has 0 saturated heterocycles. The number of carbonyl (C=O) groups is 1. The standard InChI is InChI=1S/C16H22N4O2S/c1-3-20(16(22)12(17)8-9-23-2)10-14-18-13-7-5-4-6-11(13)15(21)19-14/h4-7,12H,3,8-10,17H2,1-2H3,(H,18,19,21)/t12-/m0/s1. The topological polar surface area (TPSA) is 92.1 Å². The Morgan fingerprint density at radius 1 is 1.43 bits per heavy atom. The van der Waals surface area contributed by atoms with E-state index < -0.39 is 6.04 Å². The molecule has 0 spiro atoms.